The van der Waals surface area contributed by atoms with Gasteiger partial charge < -0.3 is 5.73 Å². The molecule has 84 valence electrons. The third kappa shape index (κ3) is 2.34. The summed E-state index contributed by atoms with van der Waals surface area (Å²) < 4.78 is 0. The van der Waals surface area contributed by atoms with E-state index in [4.69, 9.17) is 5.73 Å². The lowest BCUT2D eigenvalue weighted by atomic mass is 9.83. The third-order valence-corrected chi connectivity index (χ3v) is 3.81. The molecule has 1 aromatic carbocycles. The molecule has 16 heavy (non-hydrogen) atoms. The highest BCUT2D eigenvalue weighted by atomic mass is 32.1. The van der Waals surface area contributed by atoms with Gasteiger partial charge in [0.05, 0.1) is 0 Å². The fourth-order valence-corrected chi connectivity index (χ4v) is 2.63. The Morgan fingerprint density at radius 3 is 2.50 bits per heavy atom. The molecule has 1 unspecified atom stereocenters. The van der Waals surface area contributed by atoms with Crippen molar-refractivity contribution in [3.8, 4) is 0 Å². The molecule has 2 rings (SSSR count). The first-order valence-electron chi connectivity index (χ1n) is 5.60. The summed E-state index contributed by atoms with van der Waals surface area (Å²) in [7, 11) is 0. The van der Waals surface area contributed by atoms with Crippen LogP contribution in [0.2, 0.25) is 0 Å². The van der Waals surface area contributed by atoms with Gasteiger partial charge in [-0.3, -0.25) is 0 Å². The van der Waals surface area contributed by atoms with Crippen molar-refractivity contribution >= 4 is 11.3 Å². The number of thiophene rings is 1. The van der Waals surface area contributed by atoms with Crippen molar-refractivity contribution in [3.63, 3.8) is 0 Å². The summed E-state index contributed by atoms with van der Waals surface area (Å²) >= 11 is 1.73. The summed E-state index contributed by atoms with van der Waals surface area (Å²) in [6, 6.07) is 12.5. The molecule has 0 aliphatic heterocycles. The topological polar surface area (TPSA) is 26.0 Å². The van der Waals surface area contributed by atoms with Gasteiger partial charge in [-0.2, -0.15) is 11.3 Å². The number of benzene rings is 1. The van der Waals surface area contributed by atoms with E-state index in [9.17, 15) is 0 Å². The maximum Gasteiger partial charge on any atom is 0.0448 e. The van der Waals surface area contributed by atoms with Gasteiger partial charge in [-0.05, 0) is 40.8 Å². The van der Waals surface area contributed by atoms with Gasteiger partial charge in [0.15, 0.2) is 0 Å². The van der Waals surface area contributed by atoms with E-state index in [1.807, 2.05) is 6.07 Å². The molecule has 0 amide bonds. The molecule has 0 bridgehead atoms. The SMILES string of the molecule is CCC(N)(Cc1ccsc1)c1ccccc1. The molecule has 0 saturated heterocycles. The molecule has 2 aromatic rings. The summed E-state index contributed by atoms with van der Waals surface area (Å²) in [6.45, 7) is 2.15. The third-order valence-electron chi connectivity index (χ3n) is 3.08. The van der Waals surface area contributed by atoms with Crippen molar-refractivity contribution in [2.75, 3.05) is 0 Å². The molecule has 2 N–H and O–H groups in total. The van der Waals surface area contributed by atoms with E-state index in [-0.39, 0.29) is 5.54 Å². The van der Waals surface area contributed by atoms with Gasteiger partial charge in [0, 0.05) is 5.54 Å². The molecule has 0 aliphatic carbocycles. The van der Waals surface area contributed by atoms with E-state index < -0.39 is 0 Å². The van der Waals surface area contributed by atoms with E-state index in [1.165, 1.54) is 11.1 Å². The van der Waals surface area contributed by atoms with Crippen molar-refractivity contribution in [2.24, 2.45) is 5.73 Å². The highest BCUT2D eigenvalue weighted by Crippen LogP contribution is 2.27. The average Bonchev–Trinajstić information content (AvgIpc) is 2.83. The van der Waals surface area contributed by atoms with Crippen LogP contribution >= 0.6 is 11.3 Å². The Morgan fingerprint density at radius 2 is 1.94 bits per heavy atom. The Hall–Kier alpha value is -1.12. The van der Waals surface area contributed by atoms with E-state index in [1.54, 1.807) is 11.3 Å². The van der Waals surface area contributed by atoms with Gasteiger partial charge in [0.2, 0.25) is 0 Å². The van der Waals surface area contributed by atoms with Crippen molar-refractivity contribution in [2.45, 2.75) is 25.3 Å². The lowest BCUT2D eigenvalue weighted by Gasteiger charge is -2.28. The Balaban J connectivity index is 2.26. The van der Waals surface area contributed by atoms with Crippen LogP contribution in [0.4, 0.5) is 0 Å². The van der Waals surface area contributed by atoms with Crippen LogP contribution in [0.15, 0.2) is 47.2 Å². The van der Waals surface area contributed by atoms with Crippen LogP contribution in [0.3, 0.4) is 0 Å². The molecule has 1 aromatic heterocycles. The monoisotopic (exact) mass is 231 g/mol. The van der Waals surface area contributed by atoms with Gasteiger partial charge in [-0.1, -0.05) is 37.3 Å². The van der Waals surface area contributed by atoms with Gasteiger partial charge in [0.1, 0.15) is 0 Å². The lowest BCUT2D eigenvalue weighted by Crippen LogP contribution is -2.38. The Bertz CT molecular complexity index is 421. The van der Waals surface area contributed by atoms with Crippen LogP contribution in [0.1, 0.15) is 24.5 Å². The van der Waals surface area contributed by atoms with Crippen LogP contribution < -0.4 is 5.73 Å². The normalized spacial score (nSPS) is 14.6. The maximum atomic E-state index is 6.51. The quantitative estimate of drug-likeness (QED) is 0.855. The first-order chi connectivity index (χ1) is 7.74. The molecule has 0 aliphatic rings. The minimum Gasteiger partial charge on any atom is -0.321 e. The van der Waals surface area contributed by atoms with Crippen LogP contribution in [-0.4, -0.2) is 0 Å². The number of hydrogen-bond acceptors (Lipinski definition) is 2. The molecule has 0 saturated carbocycles. The molecular formula is C14H17NS. The van der Waals surface area contributed by atoms with E-state index in [0.29, 0.717) is 0 Å². The minimum absolute atomic E-state index is 0.234. The second kappa shape index (κ2) is 4.81. The summed E-state index contributed by atoms with van der Waals surface area (Å²) in [5.41, 5.74) is 8.84. The standard InChI is InChI=1S/C14H17NS/c1-2-14(15,10-12-8-9-16-11-12)13-6-4-3-5-7-13/h3-9,11H,2,10,15H2,1H3. The molecule has 1 heterocycles. The number of nitrogens with two attached hydrogens (primary N) is 1. The number of rotatable bonds is 4. The largest absolute Gasteiger partial charge is 0.321 e. The Labute approximate surface area is 101 Å². The van der Waals surface area contributed by atoms with Crippen LogP contribution in [0.5, 0.6) is 0 Å². The zero-order valence-corrected chi connectivity index (χ0v) is 10.3. The van der Waals surface area contributed by atoms with Crippen LogP contribution in [-0.2, 0) is 12.0 Å². The first-order valence-corrected chi connectivity index (χ1v) is 6.54. The van der Waals surface area contributed by atoms with Crippen LogP contribution in [0.25, 0.3) is 0 Å². The average molecular weight is 231 g/mol. The molecule has 0 spiro atoms. The zero-order valence-electron chi connectivity index (χ0n) is 9.52. The smallest absolute Gasteiger partial charge is 0.0448 e. The fraction of sp³-hybridized carbons (Fsp3) is 0.286. The summed E-state index contributed by atoms with van der Waals surface area (Å²) in [5, 5.41) is 4.29. The summed E-state index contributed by atoms with van der Waals surface area (Å²) in [5.74, 6) is 0. The van der Waals surface area contributed by atoms with Gasteiger partial charge in [0.25, 0.3) is 0 Å². The maximum absolute atomic E-state index is 6.51. The number of hydrogen-bond donors (Lipinski definition) is 1. The second-order valence-electron chi connectivity index (χ2n) is 4.18. The second-order valence-corrected chi connectivity index (χ2v) is 4.96. The predicted molar refractivity (Wildman–Crippen MR) is 70.6 cm³/mol. The summed E-state index contributed by atoms with van der Waals surface area (Å²) in [6.07, 6.45) is 1.86. The van der Waals surface area contributed by atoms with Crippen molar-refractivity contribution in [3.05, 3.63) is 58.3 Å². The lowest BCUT2D eigenvalue weighted by molar-refractivity contribution is 0.425. The van der Waals surface area contributed by atoms with Crippen molar-refractivity contribution in [1.29, 1.82) is 0 Å². The molecule has 2 heteroatoms. The van der Waals surface area contributed by atoms with E-state index in [0.717, 1.165) is 12.8 Å². The van der Waals surface area contributed by atoms with Gasteiger partial charge in [-0.25, -0.2) is 0 Å². The van der Waals surface area contributed by atoms with E-state index in [2.05, 4.69) is 48.0 Å². The Morgan fingerprint density at radius 1 is 1.19 bits per heavy atom. The van der Waals surface area contributed by atoms with Gasteiger partial charge in [-0.15, -0.1) is 0 Å². The minimum atomic E-state index is -0.234. The van der Waals surface area contributed by atoms with Crippen LogP contribution in [0, 0.1) is 0 Å². The molecule has 1 atom stereocenters. The first kappa shape index (κ1) is 11.4. The highest BCUT2D eigenvalue weighted by Gasteiger charge is 2.25. The molecule has 0 radical (unpaired) electrons. The molecular weight excluding hydrogens is 214 g/mol. The van der Waals surface area contributed by atoms with E-state index >= 15 is 0 Å². The van der Waals surface area contributed by atoms with Crippen molar-refractivity contribution in [1.82, 2.24) is 0 Å². The molecule has 0 fully saturated rings. The Kier molecular flexibility index (Phi) is 3.42. The summed E-state index contributed by atoms with van der Waals surface area (Å²) in [4.78, 5) is 0. The predicted octanol–water partition coefficient (Wildman–Crippen LogP) is 3.55. The highest BCUT2D eigenvalue weighted by molar-refractivity contribution is 7.07. The van der Waals surface area contributed by atoms with Gasteiger partial charge >= 0.3 is 0 Å². The zero-order chi connectivity index (χ0) is 11.4. The van der Waals surface area contributed by atoms with Crippen molar-refractivity contribution < 1.29 is 0 Å². The fourth-order valence-electron chi connectivity index (χ4n) is 1.96. The molecule has 1 nitrogen and oxygen atoms in total.